The molecule has 0 unspecified atom stereocenters. The van der Waals surface area contributed by atoms with Gasteiger partial charge in [-0.05, 0) is 51.3 Å². The Kier molecular flexibility index (Phi) is 7.98. The van der Waals surface area contributed by atoms with Crippen LogP contribution in [0.5, 0.6) is 11.5 Å². The van der Waals surface area contributed by atoms with Gasteiger partial charge in [0.15, 0.2) is 15.8 Å². The number of hydrogen-bond acceptors (Lipinski definition) is 7. The molecule has 1 heterocycles. The minimum Gasteiger partial charge on any atom is -0.493 e. The number of hydrogen-bond donors (Lipinski definition) is 1. The van der Waals surface area contributed by atoms with Crippen molar-refractivity contribution in [1.82, 2.24) is 10.4 Å². The van der Waals surface area contributed by atoms with Crippen LogP contribution in [0.3, 0.4) is 0 Å². The molecule has 0 atom stereocenters. The molecule has 0 bridgehead atoms. The Morgan fingerprint density at radius 1 is 1.18 bits per heavy atom. The van der Waals surface area contributed by atoms with Gasteiger partial charge in [0.1, 0.15) is 6.61 Å². The summed E-state index contributed by atoms with van der Waals surface area (Å²) in [5.41, 5.74) is 5.31. The summed E-state index contributed by atoms with van der Waals surface area (Å²) in [4.78, 5) is 16.7. The van der Waals surface area contributed by atoms with Crippen LogP contribution in [-0.4, -0.2) is 30.0 Å². The summed E-state index contributed by atoms with van der Waals surface area (Å²) in [7, 11) is 1.58. The summed E-state index contributed by atoms with van der Waals surface area (Å²) in [6, 6.07) is 21.5. The highest BCUT2D eigenvalue weighted by Crippen LogP contribution is 2.37. The Morgan fingerprint density at radius 3 is 2.76 bits per heavy atom. The third-order valence-corrected chi connectivity index (χ3v) is 7.25. The van der Waals surface area contributed by atoms with Crippen LogP contribution in [0.1, 0.15) is 11.1 Å². The van der Waals surface area contributed by atoms with Gasteiger partial charge in [0.2, 0.25) is 0 Å². The molecule has 1 N–H and O–H groups in total. The van der Waals surface area contributed by atoms with Crippen LogP contribution >= 0.6 is 39.0 Å². The lowest BCUT2D eigenvalue weighted by Gasteiger charge is -2.13. The average molecular weight is 542 g/mol. The summed E-state index contributed by atoms with van der Waals surface area (Å²) < 4.78 is 14.1. The topological polar surface area (TPSA) is 72.8 Å². The number of carbonyl (C=O) groups is 1. The van der Waals surface area contributed by atoms with Gasteiger partial charge in [-0.25, -0.2) is 10.4 Å². The lowest BCUT2D eigenvalue weighted by molar-refractivity contribution is -0.118. The number of para-hydroxylation sites is 1. The van der Waals surface area contributed by atoms with Crippen LogP contribution in [0.4, 0.5) is 0 Å². The van der Waals surface area contributed by atoms with Gasteiger partial charge in [-0.3, -0.25) is 4.79 Å². The van der Waals surface area contributed by atoms with Crippen molar-refractivity contribution in [3.8, 4) is 11.5 Å². The average Bonchev–Trinajstić information content (AvgIpc) is 3.25. The number of aromatic nitrogens is 1. The predicted molar refractivity (Wildman–Crippen MR) is 138 cm³/mol. The van der Waals surface area contributed by atoms with Crippen molar-refractivity contribution in [3.63, 3.8) is 0 Å². The zero-order chi connectivity index (χ0) is 23.0. The van der Waals surface area contributed by atoms with Crippen LogP contribution in [0, 0.1) is 0 Å². The van der Waals surface area contributed by atoms with E-state index in [0.717, 1.165) is 30.2 Å². The van der Waals surface area contributed by atoms with Crippen LogP contribution in [0.15, 0.2) is 80.6 Å². The molecule has 0 radical (unpaired) electrons. The molecule has 9 heteroatoms. The number of nitrogens with one attached hydrogen (secondary N) is 1. The zero-order valence-corrected chi connectivity index (χ0v) is 20.9. The van der Waals surface area contributed by atoms with Crippen molar-refractivity contribution in [2.75, 3.05) is 12.9 Å². The molecule has 0 saturated carbocycles. The molecule has 1 aromatic heterocycles. The van der Waals surface area contributed by atoms with E-state index in [1.165, 1.54) is 11.8 Å². The number of thioether (sulfide) groups is 1. The molecule has 1 amide bonds. The third-order valence-electron chi connectivity index (χ3n) is 4.48. The number of halogens is 1. The lowest BCUT2D eigenvalue weighted by Crippen LogP contribution is -2.19. The van der Waals surface area contributed by atoms with Crippen molar-refractivity contribution < 1.29 is 14.3 Å². The number of methoxy groups -OCH3 is 1. The van der Waals surface area contributed by atoms with E-state index in [2.05, 4.69) is 31.4 Å². The molecule has 168 valence electrons. The Labute approximate surface area is 208 Å². The normalized spacial score (nSPS) is 11.1. The Bertz CT molecular complexity index is 1250. The van der Waals surface area contributed by atoms with Gasteiger partial charge in [0.25, 0.3) is 5.91 Å². The van der Waals surface area contributed by atoms with Crippen LogP contribution in [0.2, 0.25) is 0 Å². The number of amides is 1. The van der Waals surface area contributed by atoms with Gasteiger partial charge in [-0.1, -0.05) is 54.2 Å². The van der Waals surface area contributed by atoms with Gasteiger partial charge >= 0.3 is 0 Å². The molecule has 0 aliphatic rings. The molecular weight excluding hydrogens is 522 g/mol. The van der Waals surface area contributed by atoms with Gasteiger partial charge in [0, 0.05) is 0 Å². The SMILES string of the molecule is COc1cc(/C=N/NC(=O)CSc2nc3ccccc3s2)cc(Br)c1OCc1ccccc1. The van der Waals surface area contributed by atoms with Gasteiger partial charge in [-0.15, -0.1) is 11.3 Å². The third kappa shape index (κ3) is 6.34. The van der Waals surface area contributed by atoms with Crippen LogP contribution in [0.25, 0.3) is 10.2 Å². The number of nitrogens with zero attached hydrogens (tertiary/aromatic N) is 2. The van der Waals surface area contributed by atoms with Crippen LogP contribution in [-0.2, 0) is 11.4 Å². The first kappa shape index (κ1) is 23.3. The quantitative estimate of drug-likeness (QED) is 0.162. The monoisotopic (exact) mass is 541 g/mol. The molecule has 0 fully saturated rings. The van der Waals surface area contributed by atoms with E-state index in [-0.39, 0.29) is 11.7 Å². The predicted octanol–water partition coefficient (Wildman–Crippen LogP) is 5.89. The van der Waals surface area contributed by atoms with Crippen molar-refractivity contribution in [2.45, 2.75) is 10.9 Å². The van der Waals surface area contributed by atoms with Crippen molar-refractivity contribution in [3.05, 3.63) is 82.3 Å². The molecule has 0 saturated heterocycles. The van der Waals surface area contributed by atoms with E-state index >= 15 is 0 Å². The second kappa shape index (κ2) is 11.3. The van der Waals surface area contributed by atoms with E-state index in [0.29, 0.717) is 18.1 Å². The Hall–Kier alpha value is -2.88. The fourth-order valence-corrected chi connectivity index (χ4v) is 5.37. The van der Waals surface area contributed by atoms with E-state index in [1.807, 2.05) is 60.7 Å². The van der Waals surface area contributed by atoms with Crippen LogP contribution < -0.4 is 14.9 Å². The molecule has 33 heavy (non-hydrogen) atoms. The van der Waals surface area contributed by atoms with Gasteiger partial charge in [0.05, 0.1) is 33.8 Å². The highest BCUT2D eigenvalue weighted by molar-refractivity contribution is 9.10. The van der Waals surface area contributed by atoms with E-state index in [4.69, 9.17) is 9.47 Å². The summed E-state index contributed by atoms with van der Waals surface area (Å²) in [6.45, 7) is 0.422. The number of carbonyl (C=O) groups excluding carboxylic acids is 1. The minimum atomic E-state index is -0.204. The summed E-state index contributed by atoms with van der Waals surface area (Å²) >= 11 is 6.50. The molecule has 0 aliphatic heterocycles. The minimum absolute atomic E-state index is 0.204. The number of thiazole rings is 1. The van der Waals surface area contributed by atoms with Crippen molar-refractivity contribution >= 4 is 61.4 Å². The zero-order valence-electron chi connectivity index (χ0n) is 17.7. The number of benzene rings is 3. The highest BCUT2D eigenvalue weighted by atomic mass is 79.9. The van der Waals surface area contributed by atoms with Crippen molar-refractivity contribution in [1.29, 1.82) is 0 Å². The molecule has 6 nitrogen and oxygen atoms in total. The second-order valence-corrected chi connectivity index (χ2v) is 9.95. The van der Waals surface area contributed by atoms with E-state index in [1.54, 1.807) is 30.7 Å². The Balaban J connectivity index is 1.33. The number of fused-ring (bicyclic) bond motifs is 1. The summed E-state index contributed by atoms with van der Waals surface area (Å²) in [5, 5.41) is 4.06. The first-order valence-electron chi connectivity index (χ1n) is 9.97. The number of ether oxygens (including phenoxy) is 2. The molecule has 0 spiro atoms. The molecular formula is C24H20BrN3O3S2. The fourth-order valence-electron chi connectivity index (χ4n) is 2.94. The maximum absolute atomic E-state index is 12.2. The van der Waals surface area contributed by atoms with Gasteiger partial charge in [-0.2, -0.15) is 5.10 Å². The summed E-state index contributed by atoms with van der Waals surface area (Å²) in [6.07, 6.45) is 1.56. The van der Waals surface area contributed by atoms with E-state index in [9.17, 15) is 4.79 Å². The van der Waals surface area contributed by atoms with E-state index < -0.39 is 0 Å². The van der Waals surface area contributed by atoms with Gasteiger partial charge < -0.3 is 9.47 Å². The Morgan fingerprint density at radius 2 is 1.97 bits per heavy atom. The lowest BCUT2D eigenvalue weighted by atomic mass is 10.2. The largest absolute Gasteiger partial charge is 0.493 e. The fraction of sp³-hybridized carbons (Fsp3) is 0.125. The maximum Gasteiger partial charge on any atom is 0.250 e. The first-order chi connectivity index (χ1) is 16.1. The smallest absolute Gasteiger partial charge is 0.250 e. The van der Waals surface area contributed by atoms with Crippen molar-refractivity contribution in [2.24, 2.45) is 5.10 Å². The summed E-state index contributed by atoms with van der Waals surface area (Å²) in [5.74, 6) is 1.20. The second-order valence-electron chi connectivity index (χ2n) is 6.84. The molecule has 0 aliphatic carbocycles. The molecule has 4 aromatic rings. The standard InChI is InChI=1S/C24H20BrN3O3S2/c1-30-20-12-17(11-18(25)23(20)31-14-16-7-3-2-4-8-16)13-26-28-22(29)15-32-24-27-19-9-5-6-10-21(19)33-24/h2-13H,14-15H2,1H3,(H,28,29)/b26-13+. The first-order valence-corrected chi connectivity index (χ1v) is 12.6. The highest BCUT2D eigenvalue weighted by Gasteiger charge is 2.12. The number of rotatable bonds is 9. The molecule has 4 rings (SSSR count). The number of hydrazone groups is 1. The molecule has 3 aromatic carbocycles. The maximum atomic E-state index is 12.2.